The maximum absolute atomic E-state index is 14.7. The lowest BCUT2D eigenvalue weighted by molar-refractivity contribution is -0.217. The number of phenols is 1. The number of hydrogen-bond acceptors (Lipinski definition) is 10. The second kappa shape index (κ2) is 21.0. The Bertz CT molecular complexity index is 2650. The van der Waals surface area contributed by atoms with Gasteiger partial charge in [-0.2, -0.15) is 13.2 Å². The maximum Gasteiger partial charge on any atom is 0.420 e. The summed E-state index contributed by atoms with van der Waals surface area (Å²) in [6.07, 6.45) is -2.97. The largest absolute Gasteiger partial charge is 0.508 e. The lowest BCUT2D eigenvalue weighted by atomic mass is 9.84. The predicted octanol–water partition coefficient (Wildman–Crippen LogP) is 6.90. The zero-order valence-corrected chi connectivity index (χ0v) is 40.9. The first-order chi connectivity index (χ1) is 33.1. The average Bonchev–Trinajstić information content (AvgIpc) is 3.92. The average molecular weight is 972 g/mol. The fourth-order valence-electron chi connectivity index (χ4n) is 10.4. The molecule has 70 heavy (non-hydrogen) atoms. The van der Waals surface area contributed by atoms with Gasteiger partial charge in [0.2, 0.25) is 17.7 Å². The summed E-state index contributed by atoms with van der Waals surface area (Å²) < 4.78 is 56.7. The van der Waals surface area contributed by atoms with Crippen LogP contribution >= 0.6 is 0 Å². The summed E-state index contributed by atoms with van der Waals surface area (Å²) in [7, 11) is 2.55. The van der Waals surface area contributed by atoms with E-state index in [1.165, 1.54) is 28.2 Å². The van der Waals surface area contributed by atoms with Crippen LogP contribution in [0.3, 0.4) is 0 Å². The van der Waals surface area contributed by atoms with Gasteiger partial charge in [-0.3, -0.25) is 34.0 Å². The van der Waals surface area contributed by atoms with Crippen LogP contribution < -0.4 is 10.7 Å². The molecule has 18 heteroatoms. The molecule has 0 saturated carbocycles. The first kappa shape index (κ1) is 51.6. The van der Waals surface area contributed by atoms with Crippen molar-refractivity contribution in [2.45, 2.75) is 110 Å². The third kappa shape index (κ3) is 11.0. The minimum absolute atomic E-state index is 0.0355. The van der Waals surface area contributed by atoms with Crippen molar-refractivity contribution in [3.63, 3.8) is 0 Å². The highest BCUT2D eigenvalue weighted by Gasteiger charge is 2.45. The normalized spacial score (nSPS) is 20.9. The monoisotopic (exact) mass is 971 g/mol. The number of benzene rings is 2. The van der Waals surface area contributed by atoms with Crippen molar-refractivity contribution in [3.8, 4) is 28.1 Å². The van der Waals surface area contributed by atoms with Crippen LogP contribution in [0.2, 0.25) is 0 Å². The van der Waals surface area contributed by atoms with Crippen LogP contribution in [0.4, 0.5) is 13.2 Å². The minimum atomic E-state index is -4.77. The highest BCUT2D eigenvalue weighted by atomic mass is 19.4. The molecule has 6 bridgehead atoms. The van der Waals surface area contributed by atoms with Gasteiger partial charge in [-0.05, 0) is 103 Å². The lowest BCUT2D eigenvalue weighted by Crippen LogP contribution is -2.61. The van der Waals surface area contributed by atoms with E-state index in [2.05, 4.69) is 22.3 Å². The number of amides is 4. The van der Waals surface area contributed by atoms with Crippen LogP contribution in [-0.4, -0.2) is 124 Å². The number of aromatic hydroxyl groups is 1. The summed E-state index contributed by atoms with van der Waals surface area (Å²) in [5.74, 6) is -3.19. The van der Waals surface area contributed by atoms with Gasteiger partial charge in [0, 0.05) is 80.9 Å². The second-order valence-electron chi connectivity index (χ2n) is 19.8. The van der Waals surface area contributed by atoms with E-state index in [0.29, 0.717) is 60.3 Å². The molecule has 7 rings (SSSR count). The van der Waals surface area contributed by atoms with Gasteiger partial charge < -0.3 is 34.3 Å². The van der Waals surface area contributed by atoms with E-state index in [0.717, 1.165) is 18.0 Å². The van der Waals surface area contributed by atoms with E-state index in [1.54, 1.807) is 44.0 Å². The number of ether oxygens (including phenoxy) is 2. The van der Waals surface area contributed by atoms with Gasteiger partial charge in [-0.1, -0.05) is 46.4 Å². The Morgan fingerprint density at radius 3 is 2.53 bits per heavy atom. The molecule has 5 heterocycles. The van der Waals surface area contributed by atoms with Gasteiger partial charge in [0.15, 0.2) is 6.10 Å². The molecule has 0 unspecified atom stereocenters. The van der Waals surface area contributed by atoms with Crippen LogP contribution in [0, 0.1) is 17.3 Å². The Morgan fingerprint density at radius 2 is 1.84 bits per heavy atom. The number of carbonyl (C=O) groups is 5. The number of cyclic esters (lactones) is 1. The van der Waals surface area contributed by atoms with Crippen LogP contribution in [0.5, 0.6) is 5.75 Å². The number of alkyl halides is 3. The van der Waals surface area contributed by atoms with Crippen molar-refractivity contribution in [2.24, 2.45) is 17.3 Å². The molecular formula is C52H64F3N7O8. The number of likely N-dealkylation sites (tertiary alicyclic amines) is 1. The third-order valence-electron chi connectivity index (χ3n) is 13.6. The number of pyridine rings is 1. The van der Waals surface area contributed by atoms with Gasteiger partial charge in [0.25, 0.3) is 5.91 Å². The van der Waals surface area contributed by atoms with E-state index in [9.17, 15) is 42.3 Å². The lowest BCUT2D eigenvalue weighted by Gasteiger charge is -2.37. The number of aromatic nitrogens is 2. The van der Waals surface area contributed by atoms with Crippen molar-refractivity contribution in [1.29, 1.82) is 0 Å². The quantitative estimate of drug-likeness (QED) is 0.112. The SMILES string of the molecule is C=CC(=O)N1CC[C@H](C(=O)N(C)[C@H](C(=O)N[C@H]2Cc3cc(O)cc(c3)-c3ccc4c(c3)c(c(-c3cccnc3[C@@H](OC)C(F)(F)F)n4CC)CC(C)(C)COC(=O)C[C@@H]3CCCN(N3)C2=O)C(C)C)C1. The number of esters is 1. The summed E-state index contributed by atoms with van der Waals surface area (Å²) >= 11 is 0. The molecule has 2 saturated heterocycles. The Kier molecular flexibility index (Phi) is 15.5. The van der Waals surface area contributed by atoms with Gasteiger partial charge in [0.1, 0.15) is 17.8 Å². The van der Waals surface area contributed by atoms with Crippen molar-refractivity contribution >= 4 is 40.5 Å². The summed E-state index contributed by atoms with van der Waals surface area (Å²) in [5.41, 5.74) is 6.04. The third-order valence-corrected chi connectivity index (χ3v) is 13.6. The van der Waals surface area contributed by atoms with Crippen molar-refractivity contribution in [3.05, 3.63) is 84.2 Å². The summed E-state index contributed by atoms with van der Waals surface area (Å²) in [6, 6.07) is 11.0. The molecule has 376 valence electrons. The van der Waals surface area contributed by atoms with Crippen molar-refractivity contribution in [2.75, 3.05) is 40.4 Å². The van der Waals surface area contributed by atoms with E-state index in [4.69, 9.17) is 9.47 Å². The van der Waals surface area contributed by atoms with Crippen LogP contribution in [0.25, 0.3) is 33.3 Å². The molecule has 4 aromatic rings. The predicted molar refractivity (Wildman–Crippen MR) is 257 cm³/mol. The summed E-state index contributed by atoms with van der Waals surface area (Å²) in [4.78, 5) is 76.3. The smallest absolute Gasteiger partial charge is 0.420 e. The number of phenolic OH excluding ortho intramolecular Hbond substituents is 1. The molecule has 4 amide bonds. The zero-order valence-electron chi connectivity index (χ0n) is 40.9. The number of likely N-dealkylation sites (N-methyl/N-ethyl adjacent to an activating group) is 1. The molecule has 5 atom stereocenters. The molecule has 3 N–H and O–H groups in total. The Labute approximate surface area is 406 Å². The Hall–Kier alpha value is -6.27. The maximum atomic E-state index is 14.7. The molecular weight excluding hydrogens is 908 g/mol. The number of methoxy groups -OCH3 is 1. The van der Waals surface area contributed by atoms with Crippen molar-refractivity contribution < 1.29 is 51.7 Å². The number of aryl methyl sites for hydroxylation is 1. The van der Waals surface area contributed by atoms with Gasteiger partial charge >= 0.3 is 12.1 Å². The molecule has 0 spiro atoms. The molecule has 2 fully saturated rings. The van der Waals surface area contributed by atoms with Gasteiger partial charge in [-0.25, -0.2) is 5.43 Å². The van der Waals surface area contributed by atoms with E-state index < -0.39 is 59.5 Å². The van der Waals surface area contributed by atoms with Gasteiger partial charge in [0.05, 0.1) is 30.3 Å². The Balaban J connectivity index is 1.32. The van der Waals surface area contributed by atoms with E-state index in [1.807, 2.05) is 49.6 Å². The van der Waals surface area contributed by atoms with Gasteiger partial charge in [-0.15, -0.1) is 0 Å². The van der Waals surface area contributed by atoms with Crippen LogP contribution in [-0.2, 0) is 52.8 Å². The number of halogens is 3. The highest BCUT2D eigenvalue weighted by molar-refractivity contribution is 5.96. The number of nitrogens with zero attached hydrogens (tertiary/aromatic N) is 5. The molecule has 0 aliphatic carbocycles. The van der Waals surface area contributed by atoms with E-state index in [-0.39, 0.29) is 73.7 Å². The molecule has 15 nitrogen and oxygen atoms in total. The van der Waals surface area contributed by atoms with E-state index >= 15 is 0 Å². The molecule has 0 radical (unpaired) electrons. The fraction of sp³-hybridized carbons (Fsp3) is 0.500. The minimum Gasteiger partial charge on any atom is -0.508 e. The number of fused-ring (bicyclic) bond motifs is 6. The topological polar surface area (TPSA) is 176 Å². The molecule has 2 aromatic heterocycles. The standard InChI is InChI=1S/C52H64F3N7O8/c1-9-42(64)60-20-17-33(28-60)49(67)59(7)45(30(3)4)48(66)57-40-23-31-21-34(24-36(63)22-31)32-15-16-41-38(25-32)39(27-51(5,6)29-70-43(65)26-35-13-12-19-62(58-35)50(40)68)46(61(41)10-2)37-14-11-18-56-44(37)47(69-8)52(53,54)55/h9,11,14-16,18,21-22,24-25,30,33,35,40,45,47,58,63H,1,10,12-13,17,19-20,23,26-29H2,2-8H3,(H,57,66)/t33-,35-,40-,45-,47+/m0/s1. The second-order valence-corrected chi connectivity index (χ2v) is 19.8. The van der Waals surface area contributed by atoms with Crippen LogP contribution in [0.1, 0.15) is 83.2 Å². The zero-order chi connectivity index (χ0) is 50.8. The number of rotatable bonds is 10. The number of carbonyl (C=O) groups excluding carboxylic acids is 5. The highest BCUT2D eigenvalue weighted by Crippen LogP contribution is 2.45. The molecule has 3 aliphatic heterocycles. The van der Waals surface area contributed by atoms with Crippen LogP contribution in [0.15, 0.2) is 67.4 Å². The Morgan fingerprint density at radius 1 is 1.09 bits per heavy atom. The number of hydrazine groups is 1. The number of hydrogen-bond donors (Lipinski definition) is 3. The van der Waals surface area contributed by atoms with Crippen molar-refractivity contribution in [1.82, 2.24) is 35.1 Å². The molecule has 2 aromatic carbocycles. The summed E-state index contributed by atoms with van der Waals surface area (Å²) in [6.45, 7) is 14.1. The summed E-state index contributed by atoms with van der Waals surface area (Å²) in [5, 5.41) is 16.4. The first-order valence-corrected chi connectivity index (χ1v) is 23.9. The number of nitrogens with one attached hydrogen (secondary N) is 2. The molecule has 3 aliphatic rings. The first-order valence-electron chi connectivity index (χ1n) is 23.9. The fourth-order valence-corrected chi connectivity index (χ4v) is 10.4.